The van der Waals surface area contributed by atoms with Gasteiger partial charge in [0.25, 0.3) is 0 Å². The maximum absolute atomic E-state index is 12.7. The van der Waals surface area contributed by atoms with Gasteiger partial charge in [-0.2, -0.15) is 0 Å². The molecule has 24 heavy (non-hydrogen) atoms. The molecule has 132 valence electrons. The molecule has 2 saturated carbocycles. The standard InChI is InChI=1S/C20H28N2O.ClH/c21-19-14-5-3-6-15(19)11-17(10-14)20(23)22-12-16-9-8-13-4-1-2-7-18(13)16;/h1-2,4,7,14-17,19H,3,5-6,8-12,21H2,(H,22,23);1H. The number of nitrogens with one attached hydrogen (secondary N) is 1. The Hall–Kier alpha value is -1.06. The van der Waals surface area contributed by atoms with Crippen molar-refractivity contribution in [3.8, 4) is 0 Å². The minimum absolute atomic E-state index is 0. The first kappa shape index (κ1) is 17.8. The number of rotatable bonds is 3. The fourth-order valence-corrected chi connectivity index (χ4v) is 5.23. The van der Waals surface area contributed by atoms with Crippen molar-refractivity contribution in [2.75, 3.05) is 6.54 Å². The Morgan fingerprint density at radius 1 is 1.12 bits per heavy atom. The molecule has 4 heteroatoms. The summed E-state index contributed by atoms with van der Waals surface area (Å²) in [6.45, 7) is 0.799. The Morgan fingerprint density at radius 3 is 2.58 bits per heavy atom. The van der Waals surface area contributed by atoms with Crippen LogP contribution in [0, 0.1) is 17.8 Å². The van der Waals surface area contributed by atoms with E-state index in [1.165, 1.54) is 36.8 Å². The van der Waals surface area contributed by atoms with Gasteiger partial charge in [0, 0.05) is 24.4 Å². The van der Waals surface area contributed by atoms with Gasteiger partial charge in [0.1, 0.15) is 0 Å². The highest BCUT2D eigenvalue weighted by molar-refractivity contribution is 5.85. The lowest BCUT2D eigenvalue weighted by atomic mass is 9.65. The van der Waals surface area contributed by atoms with Gasteiger partial charge in [-0.25, -0.2) is 0 Å². The Balaban J connectivity index is 0.00000169. The Kier molecular flexibility index (Phi) is 5.51. The summed E-state index contributed by atoms with van der Waals surface area (Å²) >= 11 is 0. The molecule has 4 rings (SSSR count). The topological polar surface area (TPSA) is 55.1 Å². The zero-order chi connectivity index (χ0) is 15.8. The molecule has 0 aliphatic heterocycles. The van der Waals surface area contributed by atoms with Crippen molar-refractivity contribution in [1.82, 2.24) is 5.32 Å². The quantitative estimate of drug-likeness (QED) is 0.879. The summed E-state index contributed by atoms with van der Waals surface area (Å²) in [6, 6.07) is 9.02. The Bertz CT molecular complexity index is 577. The van der Waals surface area contributed by atoms with Crippen LogP contribution >= 0.6 is 12.4 Å². The summed E-state index contributed by atoms with van der Waals surface area (Å²) in [7, 11) is 0. The molecule has 0 aromatic heterocycles. The van der Waals surface area contributed by atoms with Crippen LogP contribution in [0.2, 0.25) is 0 Å². The average molecular weight is 349 g/mol. The molecule has 1 aromatic rings. The van der Waals surface area contributed by atoms with Crippen molar-refractivity contribution in [2.45, 2.75) is 56.9 Å². The molecule has 3 nitrogen and oxygen atoms in total. The Morgan fingerprint density at radius 2 is 1.83 bits per heavy atom. The second-order valence-corrected chi connectivity index (χ2v) is 7.88. The number of benzene rings is 1. The predicted molar refractivity (Wildman–Crippen MR) is 99.3 cm³/mol. The van der Waals surface area contributed by atoms with Crippen LogP contribution in [0.25, 0.3) is 0 Å². The lowest BCUT2D eigenvalue weighted by molar-refractivity contribution is -0.127. The van der Waals surface area contributed by atoms with E-state index in [1.807, 2.05) is 0 Å². The lowest BCUT2D eigenvalue weighted by Gasteiger charge is -2.43. The molecule has 3 unspecified atom stereocenters. The molecule has 0 saturated heterocycles. The van der Waals surface area contributed by atoms with Crippen LogP contribution < -0.4 is 11.1 Å². The molecule has 3 atom stereocenters. The first-order valence-corrected chi connectivity index (χ1v) is 9.33. The average Bonchev–Trinajstić information content (AvgIpc) is 2.95. The number of carbonyl (C=O) groups excluding carboxylic acids is 1. The number of hydrogen-bond acceptors (Lipinski definition) is 2. The molecule has 0 heterocycles. The van der Waals surface area contributed by atoms with Crippen LogP contribution in [0.15, 0.2) is 24.3 Å². The van der Waals surface area contributed by atoms with Crippen molar-refractivity contribution >= 4 is 18.3 Å². The summed E-state index contributed by atoms with van der Waals surface area (Å²) in [5, 5.41) is 3.26. The predicted octanol–water partition coefficient (Wildman–Crippen LogP) is 3.41. The highest BCUT2D eigenvalue weighted by Gasteiger charge is 2.40. The number of amides is 1. The van der Waals surface area contributed by atoms with E-state index >= 15 is 0 Å². The Labute approximate surface area is 151 Å². The van der Waals surface area contributed by atoms with Gasteiger partial charge in [-0.3, -0.25) is 4.79 Å². The first-order chi connectivity index (χ1) is 11.2. The van der Waals surface area contributed by atoms with E-state index in [2.05, 4.69) is 29.6 Å². The van der Waals surface area contributed by atoms with E-state index < -0.39 is 0 Å². The van der Waals surface area contributed by atoms with Gasteiger partial charge in [-0.15, -0.1) is 12.4 Å². The van der Waals surface area contributed by atoms with Gasteiger partial charge in [-0.05, 0) is 61.5 Å². The number of nitrogens with two attached hydrogens (primary N) is 1. The monoisotopic (exact) mass is 348 g/mol. The van der Waals surface area contributed by atoms with Crippen LogP contribution in [0.5, 0.6) is 0 Å². The fraction of sp³-hybridized carbons (Fsp3) is 0.650. The molecule has 0 spiro atoms. The summed E-state index contributed by atoms with van der Waals surface area (Å²) < 4.78 is 0. The van der Waals surface area contributed by atoms with Gasteiger partial charge in [0.05, 0.1) is 0 Å². The SMILES string of the molecule is Cl.NC1C2CCCC1CC(C(=O)NCC1CCc3ccccc31)C2. The van der Waals surface area contributed by atoms with Crippen LogP contribution in [-0.2, 0) is 11.2 Å². The molecule has 0 radical (unpaired) electrons. The minimum Gasteiger partial charge on any atom is -0.355 e. The van der Waals surface area contributed by atoms with Crippen molar-refractivity contribution in [1.29, 1.82) is 0 Å². The molecule has 3 N–H and O–H groups in total. The van der Waals surface area contributed by atoms with Gasteiger partial charge in [0.15, 0.2) is 0 Å². The van der Waals surface area contributed by atoms with E-state index in [1.54, 1.807) is 0 Å². The van der Waals surface area contributed by atoms with E-state index in [0.29, 0.717) is 23.8 Å². The third kappa shape index (κ3) is 3.34. The van der Waals surface area contributed by atoms with Gasteiger partial charge in [-0.1, -0.05) is 30.7 Å². The second-order valence-electron chi connectivity index (χ2n) is 7.88. The number of aryl methyl sites for hydroxylation is 1. The number of halogens is 1. The summed E-state index contributed by atoms with van der Waals surface area (Å²) in [5.41, 5.74) is 9.24. The largest absolute Gasteiger partial charge is 0.355 e. The van der Waals surface area contributed by atoms with E-state index in [4.69, 9.17) is 5.73 Å². The van der Waals surface area contributed by atoms with E-state index in [-0.39, 0.29) is 24.2 Å². The maximum Gasteiger partial charge on any atom is 0.223 e. The van der Waals surface area contributed by atoms with Gasteiger partial charge in [0.2, 0.25) is 5.91 Å². The number of fused-ring (bicyclic) bond motifs is 3. The minimum atomic E-state index is 0. The normalized spacial score (nSPS) is 34.1. The highest BCUT2D eigenvalue weighted by Crippen LogP contribution is 2.42. The smallest absolute Gasteiger partial charge is 0.223 e. The van der Waals surface area contributed by atoms with Crippen molar-refractivity contribution < 1.29 is 4.79 Å². The van der Waals surface area contributed by atoms with Gasteiger partial charge < -0.3 is 11.1 Å². The molecule has 3 aliphatic carbocycles. The molecular formula is C20H29ClN2O. The third-order valence-electron chi connectivity index (χ3n) is 6.56. The molecule has 2 fully saturated rings. The summed E-state index contributed by atoms with van der Waals surface area (Å²) in [4.78, 5) is 12.7. The third-order valence-corrected chi connectivity index (χ3v) is 6.56. The first-order valence-electron chi connectivity index (χ1n) is 9.33. The number of hydrogen-bond donors (Lipinski definition) is 2. The summed E-state index contributed by atoms with van der Waals surface area (Å²) in [6.07, 6.45) is 8.07. The van der Waals surface area contributed by atoms with Crippen LogP contribution in [-0.4, -0.2) is 18.5 Å². The molecule has 2 bridgehead atoms. The van der Waals surface area contributed by atoms with E-state index in [0.717, 1.165) is 25.8 Å². The zero-order valence-corrected chi connectivity index (χ0v) is 15.1. The van der Waals surface area contributed by atoms with Crippen molar-refractivity contribution in [3.63, 3.8) is 0 Å². The molecule has 1 amide bonds. The maximum atomic E-state index is 12.7. The van der Waals surface area contributed by atoms with Gasteiger partial charge >= 0.3 is 0 Å². The highest BCUT2D eigenvalue weighted by atomic mass is 35.5. The number of carbonyl (C=O) groups is 1. The van der Waals surface area contributed by atoms with Crippen molar-refractivity contribution in [2.24, 2.45) is 23.5 Å². The fourth-order valence-electron chi connectivity index (χ4n) is 5.23. The lowest BCUT2D eigenvalue weighted by Crippen LogP contribution is -2.49. The molecule has 1 aromatic carbocycles. The van der Waals surface area contributed by atoms with Crippen LogP contribution in [0.1, 0.15) is 55.6 Å². The molecular weight excluding hydrogens is 320 g/mol. The van der Waals surface area contributed by atoms with Crippen LogP contribution in [0.4, 0.5) is 0 Å². The zero-order valence-electron chi connectivity index (χ0n) is 14.2. The van der Waals surface area contributed by atoms with E-state index in [9.17, 15) is 4.79 Å². The second kappa shape index (κ2) is 7.45. The molecule has 3 aliphatic rings. The van der Waals surface area contributed by atoms with Crippen LogP contribution in [0.3, 0.4) is 0 Å². The van der Waals surface area contributed by atoms with Crippen molar-refractivity contribution in [3.05, 3.63) is 35.4 Å². The summed E-state index contributed by atoms with van der Waals surface area (Å²) in [5.74, 6) is 2.12.